The number of unbranched alkanes of at least 4 members (excludes halogenated alkanes) is 20. The van der Waals surface area contributed by atoms with Gasteiger partial charge in [-0.05, 0) is 137 Å². The van der Waals surface area contributed by atoms with Crippen LogP contribution >= 0.6 is 0 Å². The van der Waals surface area contributed by atoms with Gasteiger partial charge in [0.1, 0.15) is 5.60 Å². The monoisotopic (exact) mass is 836 g/mol. The highest BCUT2D eigenvalue weighted by atomic mass is 16.6. The molecule has 0 saturated heterocycles. The summed E-state index contributed by atoms with van der Waals surface area (Å²) in [7, 11) is 0. The third-order valence-corrected chi connectivity index (χ3v) is 12.1. The molecule has 0 fully saturated rings. The molecule has 0 saturated carbocycles. The molecule has 1 heterocycles. The van der Waals surface area contributed by atoms with E-state index in [9.17, 15) is 4.79 Å². The Balaban J connectivity index is 2.80. The Kier molecular flexibility index (Phi) is 36.1. The Morgan fingerprint density at radius 1 is 0.550 bits per heavy atom. The minimum Gasteiger partial charge on any atom is -0.457 e. The summed E-state index contributed by atoms with van der Waals surface area (Å²) in [5.74, 6) is -0.177. The summed E-state index contributed by atoms with van der Waals surface area (Å²) in [6, 6.07) is 0. The van der Waals surface area contributed by atoms with Gasteiger partial charge < -0.3 is 9.64 Å². The van der Waals surface area contributed by atoms with Crippen molar-refractivity contribution in [1.29, 1.82) is 0 Å². The zero-order chi connectivity index (χ0) is 43.8. The van der Waals surface area contributed by atoms with Gasteiger partial charge in [0.2, 0.25) is 6.17 Å². The van der Waals surface area contributed by atoms with Crippen molar-refractivity contribution in [2.24, 2.45) is 4.99 Å². The van der Waals surface area contributed by atoms with E-state index in [2.05, 4.69) is 92.3 Å². The number of rotatable bonds is 41. The fourth-order valence-electron chi connectivity index (χ4n) is 8.44. The van der Waals surface area contributed by atoms with E-state index in [1.54, 1.807) is 0 Å². The van der Waals surface area contributed by atoms with Gasteiger partial charge in [-0.1, -0.05) is 179 Å². The largest absolute Gasteiger partial charge is 0.457 e. The van der Waals surface area contributed by atoms with Crippen LogP contribution in [0.4, 0.5) is 0 Å². The first kappa shape index (κ1) is 56.0. The molecule has 5 heteroatoms. The molecular formula is C55H101N3O2. The van der Waals surface area contributed by atoms with Crippen LogP contribution in [-0.4, -0.2) is 65.5 Å². The zero-order valence-corrected chi connectivity index (χ0v) is 41.2. The van der Waals surface area contributed by atoms with Gasteiger partial charge in [-0.3, -0.25) is 9.89 Å². The van der Waals surface area contributed by atoms with Crippen LogP contribution < -0.4 is 0 Å². The second-order valence-corrected chi connectivity index (χ2v) is 19.1. The zero-order valence-electron chi connectivity index (χ0n) is 41.2. The number of ether oxygens (including phenoxy) is 1. The highest BCUT2D eigenvalue weighted by Gasteiger charge is 2.46. The van der Waals surface area contributed by atoms with Crippen LogP contribution in [0.1, 0.15) is 248 Å². The summed E-state index contributed by atoms with van der Waals surface area (Å²) in [6.45, 7) is 19.4. The summed E-state index contributed by atoms with van der Waals surface area (Å²) in [6.07, 6.45) is 59.0. The molecule has 1 atom stereocenters. The average Bonchev–Trinajstić information content (AvgIpc) is 3.58. The number of hydrogen-bond acceptors (Lipinski definition) is 5. The van der Waals surface area contributed by atoms with Gasteiger partial charge in [0, 0.05) is 12.8 Å². The molecular weight excluding hydrogens is 735 g/mol. The predicted octanol–water partition coefficient (Wildman–Crippen LogP) is 16.5. The molecule has 0 N–H and O–H groups in total. The molecule has 1 aliphatic heterocycles. The Bertz CT molecular complexity index is 1080. The van der Waals surface area contributed by atoms with Gasteiger partial charge >= 0.3 is 5.97 Å². The lowest BCUT2D eigenvalue weighted by Crippen LogP contribution is -2.53. The summed E-state index contributed by atoms with van der Waals surface area (Å²) >= 11 is 0. The maximum absolute atomic E-state index is 13.8. The van der Waals surface area contributed by atoms with Crippen molar-refractivity contribution in [3.63, 3.8) is 0 Å². The molecule has 348 valence electrons. The number of hydrogen-bond donors (Lipinski definition) is 0. The van der Waals surface area contributed by atoms with Crippen LogP contribution in [0.5, 0.6) is 0 Å². The molecule has 0 bridgehead atoms. The van der Waals surface area contributed by atoms with Gasteiger partial charge in [-0.15, -0.1) is 0 Å². The number of esters is 1. The third-order valence-electron chi connectivity index (χ3n) is 12.1. The predicted molar refractivity (Wildman–Crippen MR) is 266 cm³/mol. The maximum atomic E-state index is 13.8. The molecule has 0 radical (unpaired) electrons. The van der Waals surface area contributed by atoms with Crippen LogP contribution in [0.2, 0.25) is 0 Å². The minimum atomic E-state index is -0.529. The van der Waals surface area contributed by atoms with Crippen molar-refractivity contribution in [3.05, 3.63) is 48.6 Å². The van der Waals surface area contributed by atoms with Gasteiger partial charge in [-0.2, -0.15) is 0 Å². The van der Waals surface area contributed by atoms with E-state index < -0.39 is 11.8 Å². The molecule has 0 aromatic heterocycles. The molecule has 0 spiro atoms. The minimum absolute atomic E-state index is 0.163. The maximum Gasteiger partial charge on any atom is 0.346 e. The lowest BCUT2D eigenvalue weighted by atomic mass is 9.85. The summed E-state index contributed by atoms with van der Waals surface area (Å²) in [4.78, 5) is 24.0. The number of carbonyl (C=O) groups is 1. The van der Waals surface area contributed by atoms with Crippen LogP contribution in [0, 0.1) is 0 Å². The second-order valence-electron chi connectivity index (χ2n) is 19.1. The Morgan fingerprint density at radius 3 is 1.35 bits per heavy atom. The highest BCUT2D eigenvalue weighted by molar-refractivity contribution is 5.84. The van der Waals surface area contributed by atoms with E-state index in [1.807, 2.05) is 20.8 Å². The van der Waals surface area contributed by atoms with Gasteiger partial charge in [-0.25, -0.2) is 4.79 Å². The van der Waals surface area contributed by atoms with Crippen molar-refractivity contribution in [2.75, 3.05) is 26.2 Å². The first-order valence-electron chi connectivity index (χ1n) is 26.1. The normalized spacial score (nSPS) is 16.0. The van der Waals surface area contributed by atoms with Crippen LogP contribution in [0.15, 0.2) is 53.6 Å². The van der Waals surface area contributed by atoms with Gasteiger partial charge in [0.25, 0.3) is 0 Å². The van der Waals surface area contributed by atoms with Gasteiger partial charge in [0.05, 0.1) is 5.54 Å². The Hall–Kier alpha value is -1.98. The summed E-state index contributed by atoms with van der Waals surface area (Å²) in [5, 5.41) is 0. The first-order valence-corrected chi connectivity index (χ1v) is 26.1. The van der Waals surface area contributed by atoms with E-state index in [-0.39, 0.29) is 11.5 Å². The molecule has 1 aliphatic rings. The molecule has 0 aromatic rings. The van der Waals surface area contributed by atoms with Crippen molar-refractivity contribution in [1.82, 2.24) is 9.80 Å². The van der Waals surface area contributed by atoms with Gasteiger partial charge in [0.15, 0.2) is 0 Å². The molecule has 0 aromatic carbocycles. The van der Waals surface area contributed by atoms with E-state index in [4.69, 9.17) is 9.73 Å². The van der Waals surface area contributed by atoms with E-state index >= 15 is 0 Å². The molecule has 1 unspecified atom stereocenters. The molecule has 60 heavy (non-hydrogen) atoms. The topological polar surface area (TPSA) is 45.1 Å². The van der Waals surface area contributed by atoms with Crippen molar-refractivity contribution in [2.45, 2.75) is 265 Å². The van der Waals surface area contributed by atoms with Crippen LogP contribution in [-0.2, 0) is 9.53 Å². The molecule has 0 amide bonds. The standard InChI is InChI=1S/C55H101N3O2/c1-8-12-16-18-20-22-24-26-28-30-32-34-36-38-40-42-45-55(46-43-41-39-37-35-33-31-29-27-25-23-21-19-17-13-9-2)51-56-52(53(59)60-54(5,6)7)58(55)50-44-49-57(47-14-10-3)48-15-11-4/h20-23,26-29,51-52H,8-19,24-25,30-50H2,1-7H3/b22-20-,23-21-,28-26-,29-27-. The van der Waals surface area contributed by atoms with Crippen molar-refractivity contribution in [3.8, 4) is 0 Å². The highest BCUT2D eigenvalue weighted by Crippen LogP contribution is 2.36. The first-order chi connectivity index (χ1) is 29.2. The van der Waals surface area contributed by atoms with E-state index in [0.717, 1.165) is 45.2 Å². The van der Waals surface area contributed by atoms with Crippen molar-refractivity contribution < 1.29 is 9.53 Å². The van der Waals surface area contributed by atoms with Crippen LogP contribution in [0.3, 0.4) is 0 Å². The number of allylic oxidation sites excluding steroid dienone is 8. The smallest absolute Gasteiger partial charge is 0.346 e. The third kappa shape index (κ3) is 30.1. The lowest BCUT2D eigenvalue weighted by molar-refractivity contribution is -0.162. The quantitative estimate of drug-likeness (QED) is 0.0350. The fourth-order valence-corrected chi connectivity index (χ4v) is 8.44. The SMILES string of the molecule is CCCCC/C=C\C/C=C\CCCCCCCCC1(CCCCCCCC/C=C\C/C=C\CCCCC)C=NC(C(=O)OC(C)(C)C)N1CCCN(CCCC)CCCC. The molecule has 1 rings (SSSR count). The second kappa shape index (κ2) is 38.7. The van der Waals surface area contributed by atoms with Crippen LogP contribution in [0.25, 0.3) is 0 Å². The fraction of sp³-hybridized carbons (Fsp3) is 0.818. The number of nitrogens with zero attached hydrogens (tertiary/aromatic N) is 3. The Labute approximate surface area is 374 Å². The number of carbonyl (C=O) groups excluding carboxylic acids is 1. The lowest BCUT2D eigenvalue weighted by Gasteiger charge is -2.40. The summed E-state index contributed by atoms with van der Waals surface area (Å²) < 4.78 is 6.03. The molecule has 0 aliphatic carbocycles. The van der Waals surface area contributed by atoms with Crippen molar-refractivity contribution >= 4 is 12.2 Å². The number of aliphatic imine (C=N–C) groups is 1. The van der Waals surface area contributed by atoms with E-state index in [1.165, 1.54) is 180 Å². The molecule has 5 nitrogen and oxygen atoms in total. The average molecular weight is 836 g/mol. The summed E-state index contributed by atoms with van der Waals surface area (Å²) in [5.41, 5.74) is -0.689. The van der Waals surface area contributed by atoms with E-state index in [0.29, 0.717) is 0 Å². The Morgan fingerprint density at radius 2 is 0.933 bits per heavy atom.